The van der Waals surface area contributed by atoms with E-state index < -0.39 is 52.4 Å². The van der Waals surface area contributed by atoms with Crippen LogP contribution in [0.4, 0.5) is 0 Å². The monoisotopic (exact) mass is 746 g/mol. The van der Waals surface area contributed by atoms with Gasteiger partial charge in [-0.1, -0.05) is 102 Å². The lowest BCUT2D eigenvalue weighted by Crippen LogP contribution is -2.29. The molecular weight excluding hydrogens is 694 g/mol. The third kappa shape index (κ3) is 27.0. The van der Waals surface area contributed by atoms with Gasteiger partial charge in [-0.25, -0.2) is 19.2 Å². The number of hydrogen-bond donors (Lipinski definition) is 0. The lowest BCUT2D eigenvalue weighted by Gasteiger charge is -2.13. The van der Waals surface area contributed by atoms with E-state index in [9.17, 15) is 43.2 Å². The molecule has 0 spiro atoms. The molecule has 2 aromatic rings. The zero-order chi connectivity index (χ0) is 41.4. The maximum absolute atomic E-state index is 11.8. The maximum atomic E-state index is 11.8. The molecule has 286 valence electrons. The summed E-state index contributed by atoms with van der Waals surface area (Å²) < 4.78 is 17.2. The molecular formula is C37H52BO13P. The number of esters is 4. The lowest BCUT2D eigenvalue weighted by molar-refractivity contribution is -0.155. The van der Waals surface area contributed by atoms with Crippen molar-refractivity contribution in [3.8, 4) is 0 Å². The standard InChI is InChI=1S/C13H10O.2C7H12O3.2C5H8O3.BH2P/c14-13(11-7-3-1-4-8-11)12-9-5-2-6-10-12;1-7(2,3)5(8)6(9)10-4;1-4-10-7(9)6(8)5(2)3;1-3-4(6)5(7)8-2;1-3-8-5(7)4(2)6;1-2/h1-10H;1-4H3;5H,4H2,1-3H3;2*3H2,1-2H3;2H2. The maximum Gasteiger partial charge on any atom is 0.374 e. The van der Waals surface area contributed by atoms with Crippen LogP contribution >= 0.6 is 9.12 Å². The molecule has 2 radical (unpaired) electrons. The van der Waals surface area contributed by atoms with Gasteiger partial charge in [0.2, 0.25) is 23.1 Å². The molecule has 13 nitrogen and oxygen atoms in total. The molecule has 0 aliphatic carbocycles. The first-order valence-electron chi connectivity index (χ1n) is 15.9. The Kier molecular flexibility index (Phi) is 33.3. The van der Waals surface area contributed by atoms with Crippen LogP contribution in [-0.4, -0.2) is 87.8 Å². The molecule has 0 aliphatic heterocycles. The highest BCUT2D eigenvalue weighted by molar-refractivity contribution is 7.49. The van der Waals surface area contributed by atoms with Crippen molar-refractivity contribution in [2.45, 2.75) is 68.7 Å². The molecule has 0 N–H and O–H groups in total. The quantitative estimate of drug-likeness (QED) is 0.0814. The molecule has 1 atom stereocenters. The second kappa shape index (κ2) is 32.1. The first kappa shape index (κ1) is 53.9. The summed E-state index contributed by atoms with van der Waals surface area (Å²) in [6.07, 6.45) is 0.215. The Balaban J connectivity index is -0.000000279. The largest absolute Gasteiger partial charge is 0.463 e. The minimum Gasteiger partial charge on any atom is -0.463 e. The van der Waals surface area contributed by atoms with Crippen LogP contribution < -0.4 is 0 Å². The van der Waals surface area contributed by atoms with E-state index >= 15 is 0 Å². The highest BCUT2D eigenvalue weighted by Crippen LogP contribution is 2.14. The molecule has 0 fully saturated rings. The lowest BCUT2D eigenvalue weighted by atomic mass is 9.91. The van der Waals surface area contributed by atoms with E-state index in [1.165, 1.54) is 21.1 Å². The fourth-order valence-electron chi connectivity index (χ4n) is 2.67. The summed E-state index contributed by atoms with van der Waals surface area (Å²) >= 11 is 0. The number of rotatable bonds is 10. The van der Waals surface area contributed by atoms with E-state index in [1.807, 2.05) is 69.8 Å². The van der Waals surface area contributed by atoms with Gasteiger partial charge in [0.1, 0.15) is 0 Å². The van der Waals surface area contributed by atoms with Crippen molar-refractivity contribution >= 4 is 69.5 Å². The summed E-state index contributed by atoms with van der Waals surface area (Å²) in [5.41, 5.74) is 0.838. The van der Waals surface area contributed by atoms with Crippen LogP contribution in [0, 0.1) is 11.3 Å². The van der Waals surface area contributed by atoms with Crippen LogP contribution in [0.3, 0.4) is 0 Å². The van der Waals surface area contributed by atoms with E-state index in [0.29, 0.717) is 0 Å². The Morgan fingerprint density at radius 3 is 1.21 bits per heavy atom. The van der Waals surface area contributed by atoms with E-state index in [0.717, 1.165) is 11.1 Å². The average Bonchev–Trinajstić information content (AvgIpc) is 3.15. The van der Waals surface area contributed by atoms with E-state index in [2.05, 4.69) is 26.5 Å². The van der Waals surface area contributed by atoms with Gasteiger partial charge in [-0.15, -0.1) is 0 Å². The molecule has 0 heterocycles. The molecule has 52 heavy (non-hydrogen) atoms. The van der Waals surface area contributed by atoms with Gasteiger partial charge < -0.3 is 18.9 Å². The summed E-state index contributed by atoms with van der Waals surface area (Å²) in [6, 6.07) is 18.6. The molecule has 2 aromatic carbocycles. The van der Waals surface area contributed by atoms with Gasteiger partial charge in [-0.2, -0.15) is 9.12 Å². The number of benzene rings is 2. The molecule has 0 aromatic heterocycles. The molecule has 0 amide bonds. The zero-order valence-electron chi connectivity index (χ0n) is 31.9. The first-order valence-corrected chi connectivity index (χ1v) is 16.5. The number of ether oxygens (including phenoxy) is 4. The number of Topliss-reactive ketones (excluding diaryl/α,β-unsaturated/α-hetero) is 4. The van der Waals surface area contributed by atoms with Crippen LogP contribution in [0.5, 0.6) is 0 Å². The Morgan fingerprint density at radius 2 is 1.00 bits per heavy atom. The number of ketones is 5. The van der Waals surface area contributed by atoms with Gasteiger partial charge in [-0.3, -0.25) is 24.0 Å². The van der Waals surface area contributed by atoms with Crippen molar-refractivity contribution in [2.75, 3.05) is 27.4 Å². The van der Waals surface area contributed by atoms with Gasteiger partial charge >= 0.3 is 23.9 Å². The van der Waals surface area contributed by atoms with Crippen LogP contribution in [0.15, 0.2) is 60.7 Å². The van der Waals surface area contributed by atoms with Crippen molar-refractivity contribution in [3.63, 3.8) is 0 Å². The number of hydrogen-bond acceptors (Lipinski definition) is 13. The molecule has 0 bridgehead atoms. The predicted molar refractivity (Wildman–Crippen MR) is 199 cm³/mol. The molecule has 1 unspecified atom stereocenters. The third-order valence-electron chi connectivity index (χ3n) is 5.42. The number of methoxy groups -OCH3 is 2. The van der Waals surface area contributed by atoms with Crippen molar-refractivity contribution in [3.05, 3.63) is 71.8 Å². The Bertz CT molecular complexity index is 1340. The Hall–Kier alpha value is -4.84. The van der Waals surface area contributed by atoms with Gasteiger partial charge in [0.05, 0.1) is 35.0 Å². The molecule has 0 saturated heterocycles. The van der Waals surface area contributed by atoms with Crippen molar-refractivity contribution in [2.24, 2.45) is 11.3 Å². The van der Waals surface area contributed by atoms with Crippen LogP contribution in [-0.2, 0) is 57.3 Å². The molecule has 15 heteroatoms. The summed E-state index contributed by atoms with van der Waals surface area (Å²) in [5, 5.41) is 0. The van der Waals surface area contributed by atoms with E-state index in [-0.39, 0.29) is 31.3 Å². The minimum atomic E-state index is -0.771. The van der Waals surface area contributed by atoms with Gasteiger partial charge in [0.25, 0.3) is 0 Å². The summed E-state index contributed by atoms with van der Waals surface area (Å²) in [5.74, 6) is -5.17. The second-order valence-corrected chi connectivity index (χ2v) is 10.9. The number of carbonyl (C=O) groups is 9. The van der Waals surface area contributed by atoms with Crippen LogP contribution in [0.25, 0.3) is 0 Å². The highest BCUT2D eigenvalue weighted by atomic mass is 31.0. The van der Waals surface area contributed by atoms with Crippen LogP contribution in [0.2, 0.25) is 0 Å². The normalized spacial score (nSPS) is 9.17. The fourth-order valence-corrected chi connectivity index (χ4v) is 2.67. The van der Waals surface area contributed by atoms with E-state index in [4.69, 9.17) is 0 Å². The fraction of sp³-hybridized carbons (Fsp3) is 0.432. The van der Waals surface area contributed by atoms with Gasteiger partial charge in [0.15, 0.2) is 5.78 Å². The van der Waals surface area contributed by atoms with Gasteiger partial charge in [0, 0.05) is 35.8 Å². The minimum absolute atomic E-state index is 0.0752. The van der Waals surface area contributed by atoms with E-state index in [1.54, 1.807) is 55.4 Å². The van der Waals surface area contributed by atoms with Gasteiger partial charge in [-0.05, 0) is 13.8 Å². The molecule has 2 rings (SSSR count). The predicted octanol–water partition coefficient (Wildman–Crippen LogP) is 4.69. The van der Waals surface area contributed by atoms with Crippen molar-refractivity contribution in [1.82, 2.24) is 0 Å². The smallest absolute Gasteiger partial charge is 0.374 e. The van der Waals surface area contributed by atoms with Crippen molar-refractivity contribution < 1.29 is 62.1 Å². The molecule has 0 aliphatic rings. The summed E-state index contributed by atoms with van der Waals surface area (Å²) in [4.78, 5) is 95.4. The van der Waals surface area contributed by atoms with Crippen molar-refractivity contribution in [1.29, 1.82) is 0 Å². The first-order chi connectivity index (χ1) is 24.3. The number of carbonyl (C=O) groups excluding carboxylic acids is 9. The Labute approximate surface area is 310 Å². The molecule has 0 saturated carbocycles. The SMILES string of the molecule is CCC(=O)C(=O)OC.CCOC(=O)C(=O)C(C)C.CCOC(=O)C(C)=O.COC(=O)C(=O)C(C)(C)C.O=C(c1ccccc1)c1ccccc1.[B]P. The Morgan fingerprint density at radius 1 is 0.635 bits per heavy atom. The summed E-state index contributed by atoms with van der Waals surface area (Å²) in [6.45, 7) is 15.0. The third-order valence-corrected chi connectivity index (χ3v) is 5.42. The zero-order valence-corrected chi connectivity index (χ0v) is 33.1. The van der Waals surface area contributed by atoms with Crippen LogP contribution in [0.1, 0.15) is 84.7 Å². The topological polar surface area (TPSA) is 191 Å². The average molecular weight is 747 g/mol. The highest BCUT2D eigenvalue weighted by Gasteiger charge is 2.28. The second-order valence-electron chi connectivity index (χ2n) is 10.9. The summed E-state index contributed by atoms with van der Waals surface area (Å²) in [7, 11) is 8.72.